The van der Waals surface area contributed by atoms with Crippen LogP contribution in [-0.2, 0) is 38.4 Å². The second-order valence-electron chi connectivity index (χ2n) is 12.0. The summed E-state index contributed by atoms with van der Waals surface area (Å²) in [6.45, 7) is 6.49. The van der Waals surface area contributed by atoms with Crippen molar-refractivity contribution in [1.29, 1.82) is 0 Å². The molecule has 0 fully saturated rings. The SMILES string of the molecule is COC(=O)c1c(NC(=O)CCCS(=O)(=O)c2nc(-c3ccc(OC)c(OC)c3)cc(C(F)(F)F)n2)sc2c1CC[C@@H](C(C)(C)C)C2. The molecule has 1 aliphatic rings. The van der Waals surface area contributed by atoms with E-state index in [0.29, 0.717) is 34.7 Å². The van der Waals surface area contributed by atoms with Gasteiger partial charge in [0.2, 0.25) is 20.9 Å². The monoisotopic (exact) mass is 683 g/mol. The van der Waals surface area contributed by atoms with Crippen LogP contribution in [0.25, 0.3) is 11.3 Å². The summed E-state index contributed by atoms with van der Waals surface area (Å²) in [5, 5.41) is 2.04. The van der Waals surface area contributed by atoms with E-state index in [1.165, 1.54) is 50.9 Å². The molecule has 3 aromatic rings. The van der Waals surface area contributed by atoms with Crippen molar-refractivity contribution in [2.75, 3.05) is 32.4 Å². The van der Waals surface area contributed by atoms with Gasteiger partial charge in [-0.2, -0.15) is 13.2 Å². The number of rotatable bonds is 10. The molecule has 0 saturated heterocycles. The van der Waals surface area contributed by atoms with Crippen molar-refractivity contribution in [3.63, 3.8) is 0 Å². The van der Waals surface area contributed by atoms with E-state index in [4.69, 9.17) is 14.2 Å². The van der Waals surface area contributed by atoms with E-state index in [0.717, 1.165) is 23.3 Å². The largest absolute Gasteiger partial charge is 0.493 e. The average Bonchev–Trinajstić information content (AvgIpc) is 3.35. The number of halogens is 3. The molecular weight excluding hydrogens is 647 g/mol. The second-order valence-corrected chi connectivity index (χ2v) is 15.1. The van der Waals surface area contributed by atoms with Gasteiger partial charge in [-0.05, 0) is 66.8 Å². The Morgan fingerprint density at radius 3 is 2.35 bits per heavy atom. The minimum atomic E-state index is -4.96. The number of benzene rings is 1. The summed E-state index contributed by atoms with van der Waals surface area (Å²) in [6.07, 6.45) is -3.17. The Hall–Kier alpha value is -3.72. The summed E-state index contributed by atoms with van der Waals surface area (Å²) in [6, 6.07) is 4.89. The number of aromatic nitrogens is 2. The molecule has 15 heteroatoms. The first-order valence-electron chi connectivity index (χ1n) is 14.4. The number of alkyl halides is 3. The summed E-state index contributed by atoms with van der Waals surface area (Å²) in [4.78, 5) is 33.8. The fourth-order valence-electron chi connectivity index (χ4n) is 5.29. The van der Waals surface area contributed by atoms with Gasteiger partial charge in [-0.1, -0.05) is 20.8 Å². The highest BCUT2D eigenvalue weighted by molar-refractivity contribution is 7.91. The Labute approximate surface area is 269 Å². The third kappa shape index (κ3) is 7.80. The summed E-state index contributed by atoms with van der Waals surface area (Å²) < 4.78 is 82.9. The average molecular weight is 684 g/mol. The number of anilines is 1. The maximum Gasteiger partial charge on any atom is 0.433 e. The molecule has 46 heavy (non-hydrogen) atoms. The van der Waals surface area contributed by atoms with Gasteiger partial charge < -0.3 is 19.5 Å². The van der Waals surface area contributed by atoms with E-state index in [9.17, 15) is 31.2 Å². The first-order valence-corrected chi connectivity index (χ1v) is 16.9. The molecule has 0 radical (unpaired) electrons. The van der Waals surface area contributed by atoms with Crippen LogP contribution in [0.3, 0.4) is 0 Å². The molecule has 1 amide bonds. The molecule has 1 aromatic carbocycles. The molecule has 0 aliphatic heterocycles. The highest BCUT2D eigenvalue weighted by atomic mass is 32.2. The van der Waals surface area contributed by atoms with Gasteiger partial charge >= 0.3 is 12.1 Å². The molecule has 1 atom stereocenters. The van der Waals surface area contributed by atoms with E-state index < -0.39 is 44.5 Å². The van der Waals surface area contributed by atoms with Crippen LogP contribution in [0.4, 0.5) is 18.2 Å². The third-order valence-corrected chi connectivity index (χ3v) is 10.6. The molecule has 0 saturated carbocycles. The van der Waals surface area contributed by atoms with Crippen molar-refractivity contribution in [2.45, 2.75) is 64.2 Å². The Morgan fingerprint density at radius 1 is 1.04 bits per heavy atom. The van der Waals surface area contributed by atoms with Crippen LogP contribution >= 0.6 is 11.3 Å². The fraction of sp³-hybridized carbons (Fsp3) is 0.484. The van der Waals surface area contributed by atoms with Crippen molar-refractivity contribution < 1.29 is 45.4 Å². The number of amides is 1. The van der Waals surface area contributed by atoms with Crippen molar-refractivity contribution >= 4 is 38.1 Å². The summed E-state index contributed by atoms with van der Waals surface area (Å²) >= 11 is 1.30. The number of hydrogen-bond donors (Lipinski definition) is 1. The number of ether oxygens (including phenoxy) is 3. The van der Waals surface area contributed by atoms with Gasteiger partial charge in [0.25, 0.3) is 0 Å². The number of carbonyl (C=O) groups is 2. The Balaban J connectivity index is 1.52. The first-order chi connectivity index (χ1) is 21.5. The van der Waals surface area contributed by atoms with E-state index in [1.807, 2.05) is 0 Å². The van der Waals surface area contributed by atoms with Crippen molar-refractivity contribution in [3.8, 4) is 22.8 Å². The van der Waals surface area contributed by atoms with Gasteiger partial charge in [-0.15, -0.1) is 11.3 Å². The van der Waals surface area contributed by atoms with E-state index >= 15 is 0 Å². The number of methoxy groups -OCH3 is 3. The lowest BCUT2D eigenvalue weighted by atomic mass is 9.72. The predicted octanol–water partition coefficient (Wildman–Crippen LogP) is 6.37. The molecular formula is C31H36F3N3O7S2. The number of nitrogens with zero attached hydrogens (tertiary/aromatic N) is 2. The number of carbonyl (C=O) groups excluding carboxylic acids is 2. The van der Waals surface area contributed by atoms with Crippen LogP contribution in [-0.4, -0.2) is 57.3 Å². The van der Waals surface area contributed by atoms with Gasteiger partial charge in [-0.25, -0.2) is 23.2 Å². The fourth-order valence-corrected chi connectivity index (χ4v) is 7.80. The molecule has 1 N–H and O–H groups in total. The lowest BCUT2D eigenvalue weighted by molar-refractivity contribution is -0.141. The molecule has 0 spiro atoms. The first kappa shape index (κ1) is 35.1. The Bertz CT molecular complexity index is 1730. The normalized spacial score (nSPS) is 15.2. The summed E-state index contributed by atoms with van der Waals surface area (Å²) in [7, 11) is -0.449. The zero-order valence-electron chi connectivity index (χ0n) is 26.3. The highest BCUT2D eigenvalue weighted by Gasteiger charge is 2.36. The standard InChI is InChI=1S/C31H36F3N3O7S2/c1-30(2,3)18-10-11-19-23(15-18)45-27(26(19)28(39)44-6)37-25(38)8-7-13-46(40,41)29-35-20(16-24(36-29)31(32,33)34)17-9-12-21(42-4)22(14-17)43-5/h9,12,14,16,18H,7-8,10-11,13,15H2,1-6H3,(H,37,38)/t18-/m1/s1. The topological polar surface area (TPSA) is 134 Å². The molecule has 250 valence electrons. The van der Waals surface area contributed by atoms with E-state index in [1.54, 1.807) is 0 Å². The third-order valence-electron chi connectivity index (χ3n) is 7.90. The van der Waals surface area contributed by atoms with E-state index in [-0.39, 0.29) is 35.3 Å². The zero-order chi connectivity index (χ0) is 34.0. The van der Waals surface area contributed by atoms with Crippen LogP contribution in [0.5, 0.6) is 11.5 Å². The molecule has 4 rings (SSSR count). The van der Waals surface area contributed by atoms with Gasteiger partial charge in [0.1, 0.15) is 10.7 Å². The molecule has 1 aliphatic carbocycles. The predicted molar refractivity (Wildman–Crippen MR) is 166 cm³/mol. The minimum Gasteiger partial charge on any atom is -0.493 e. The lowest BCUT2D eigenvalue weighted by Crippen LogP contribution is -2.26. The van der Waals surface area contributed by atoms with Crippen molar-refractivity contribution in [3.05, 3.63) is 46.0 Å². The molecule has 0 bridgehead atoms. The quantitative estimate of drug-likeness (QED) is 0.191. The second kappa shape index (κ2) is 13.6. The van der Waals surface area contributed by atoms with Gasteiger partial charge in [0.15, 0.2) is 11.5 Å². The van der Waals surface area contributed by atoms with E-state index in [2.05, 4.69) is 36.1 Å². The van der Waals surface area contributed by atoms with Crippen LogP contribution in [0.1, 0.15) is 66.5 Å². The number of esters is 1. The molecule has 2 aromatic heterocycles. The lowest BCUT2D eigenvalue weighted by Gasteiger charge is -2.33. The van der Waals surface area contributed by atoms with Crippen molar-refractivity contribution in [2.24, 2.45) is 11.3 Å². The highest BCUT2D eigenvalue weighted by Crippen LogP contribution is 2.44. The smallest absolute Gasteiger partial charge is 0.433 e. The summed E-state index contributed by atoms with van der Waals surface area (Å²) in [5.41, 5.74) is -0.360. The number of hydrogen-bond acceptors (Lipinski definition) is 10. The van der Waals surface area contributed by atoms with Crippen LogP contribution < -0.4 is 14.8 Å². The molecule has 0 unspecified atom stereocenters. The van der Waals surface area contributed by atoms with Crippen LogP contribution in [0.2, 0.25) is 0 Å². The zero-order valence-corrected chi connectivity index (χ0v) is 28.0. The maximum absolute atomic E-state index is 13.7. The van der Waals surface area contributed by atoms with Crippen LogP contribution in [0, 0.1) is 11.3 Å². The number of nitrogens with one attached hydrogen (secondary N) is 1. The minimum absolute atomic E-state index is 0.0631. The Morgan fingerprint density at radius 2 is 1.74 bits per heavy atom. The van der Waals surface area contributed by atoms with Crippen molar-refractivity contribution in [1.82, 2.24) is 9.97 Å². The molecule has 10 nitrogen and oxygen atoms in total. The molecule has 2 heterocycles. The summed E-state index contributed by atoms with van der Waals surface area (Å²) in [5.74, 6) is -0.899. The maximum atomic E-state index is 13.7. The number of fused-ring (bicyclic) bond motifs is 1. The van der Waals surface area contributed by atoms with Gasteiger partial charge in [0, 0.05) is 16.9 Å². The van der Waals surface area contributed by atoms with Crippen LogP contribution in [0.15, 0.2) is 29.4 Å². The number of sulfone groups is 1. The van der Waals surface area contributed by atoms with Gasteiger partial charge in [0.05, 0.1) is 38.3 Å². The Kier molecular flexibility index (Phi) is 10.4. The van der Waals surface area contributed by atoms with Gasteiger partial charge in [-0.3, -0.25) is 4.79 Å². The number of thiophene rings is 1.